The molecule has 32 heavy (non-hydrogen) atoms. The molecule has 1 heterocycles. The van der Waals surface area contributed by atoms with Gasteiger partial charge in [0.05, 0.1) is 12.6 Å². The number of rotatable bonds is 5. The van der Waals surface area contributed by atoms with Crippen LogP contribution in [0.1, 0.15) is 37.5 Å². The van der Waals surface area contributed by atoms with E-state index < -0.39 is 0 Å². The van der Waals surface area contributed by atoms with Gasteiger partial charge in [-0.1, -0.05) is 18.2 Å². The van der Waals surface area contributed by atoms with E-state index in [1.54, 1.807) is 31.4 Å². The van der Waals surface area contributed by atoms with Gasteiger partial charge < -0.3 is 19.9 Å². The maximum absolute atomic E-state index is 13.8. The van der Waals surface area contributed by atoms with Gasteiger partial charge in [-0.3, -0.25) is 0 Å². The summed E-state index contributed by atoms with van der Waals surface area (Å²) in [4.78, 5) is 0. The molecule has 0 fully saturated rings. The molecule has 0 saturated carbocycles. The SMILES string of the molecule is COc1ccc(O)cc1-c1ccc2c(c1COc1cc(F)ccc1C)C(C)=CC(C)(C)N2. The molecule has 4 nitrogen and oxygen atoms in total. The minimum atomic E-state index is -0.338. The van der Waals surface area contributed by atoms with Crippen molar-refractivity contribution in [2.75, 3.05) is 12.4 Å². The molecule has 166 valence electrons. The fourth-order valence-corrected chi connectivity index (χ4v) is 4.39. The number of anilines is 1. The number of aromatic hydroxyl groups is 1. The number of ether oxygens (including phenoxy) is 2. The van der Waals surface area contributed by atoms with Crippen LogP contribution in [-0.2, 0) is 6.61 Å². The van der Waals surface area contributed by atoms with Gasteiger partial charge in [0.25, 0.3) is 0 Å². The Morgan fingerprint density at radius 1 is 0.969 bits per heavy atom. The zero-order chi connectivity index (χ0) is 23.0. The summed E-state index contributed by atoms with van der Waals surface area (Å²) in [6.07, 6.45) is 2.19. The van der Waals surface area contributed by atoms with Crippen LogP contribution in [0.3, 0.4) is 0 Å². The van der Waals surface area contributed by atoms with Crippen molar-refractivity contribution in [2.24, 2.45) is 0 Å². The number of methoxy groups -OCH3 is 1. The molecule has 1 aliphatic heterocycles. The Hall–Kier alpha value is -3.47. The number of halogens is 1. The highest BCUT2D eigenvalue weighted by atomic mass is 19.1. The minimum absolute atomic E-state index is 0.151. The van der Waals surface area contributed by atoms with Crippen molar-refractivity contribution in [1.82, 2.24) is 0 Å². The van der Waals surface area contributed by atoms with Gasteiger partial charge >= 0.3 is 0 Å². The van der Waals surface area contributed by atoms with E-state index in [-0.39, 0.29) is 23.7 Å². The Balaban J connectivity index is 1.89. The number of aryl methyl sites for hydroxylation is 1. The molecular weight excluding hydrogens is 405 g/mol. The minimum Gasteiger partial charge on any atom is -0.508 e. The molecule has 4 rings (SSSR count). The maximum atomic E-state index is 13.8. The summed E-state index contributed by atoms with van der Waals surface area (Å²) in [5, 5.41) is 13.7. The molecule has 3 aromatic rings. The lowest BCUT2D eigenvalue weighted by atomic mass is 9.85. The molecule has 0 spiro atoms. The summed E-state index contributed by atoms with van der Waals surface area (Å²) in [7, 11) is 1.61. The van der Waals surface area contributed by atoms with Gasteiger partial charge in [-0.05, 0) is 74.7 Å². The average molecular weight is 434 g/mol. The van der Waals surface area contributed by atoms with E-state index in [1.807, 2.05) is 19.1 Å². The molecule has 0 bridgehead atoms. The molecule has 0 unspecified atom stereocenters. The number of nitrogens with one attached hydrogen (secondary N) is 1. The van der Waals surface area contributed by atoms with E-state index in [2.05, 4.69) is 32.2 Å². The van der Waals surface area contributed by atoms with Gasteiger partial charge in [-0.15, -0.1) is 0 Å². The first kappa shape index (κ1) is 21.8. The van der Waals surface area contributed by atoms with Crippen LogP contribution in [0.2, 0.25) is 0 Å². The maximum Gasteiger partial charge on any atom is 0.126 e. The molecule has 0 atom stereocenters. The van der Waals surface area contributed by atoms with Crippen LogP contribution < -0.4 is 14.8 Å². The molecule has 1 aliphatic rings. The van der Waals surface area contributed by atoms with Crippen molar-refractivity contribution in [2.45, 2.75) is 39.8 Å². The average Bonchev–Trinajstić information content (AvgIpc) is 2.73. The highest BCUT2D eigenvalue weighted by Crippen LogP contribution is 2.43. The van der Waals surface area contributed by atoms with Crippen LogP contribution >= 0.6 is 0 Å². The standard InChI is InChI=1S/C27H28FNO3/c1-16-6-7-18(28)12-25(16)32-15-22-20(21-13-19(30)8-11-24(21)31-5)9-10-23-26(22)17(2)14-27(3,4)29-23/h6-14,29-30H,15H2,1-5H3. The van der Waals surface area contributed by atoms with Gasteiger partial charge in [0, 0.05) is 28.4 Å². The highest BCUT2D eigenvalue weighted by molar-refractivity contribution is 5.88. The fraction of sp³-hybridized carbons (Fsp3) is 0.259. The topological polar surface area (TPSA) is 50.7 Å². The van der Waals surface area contributed by atoms with Crippen LogP contribution in [-0.4, -0.2) is 17.8 Å². The van der Waals surface area contributed by atoms with Crippen molar-refractivity contribution >= 4 is 11.3 Å². The largest absolute Gasteiger partial charge is 0.508 e. The molecule has 0 aromatic heterocycles. The molecule has 0 aliphatic carbocycles. The summed E-state index contributed by atoms with van der Waals surface area (Å²) in [6, 6.07) is 13.6. The van der Waals surface area contributed by atoms with E-state index >= 15 is 0 Å². The van der Waals surface area contributed by atoms with Gasteiger partial charge in [0.15, 0.2) is 0 Å². The first-order chi connectivity index (χ1) is 15.2. The molecule has 0 saturated heterocycles. The first-order valence-corrected chi connectivity index (χ1v) is 10.6. The highest BCUT2D eigenvalue weighted by Gasteiger charge is 2.27. The number of allylic oxidation sites excluding steroid dienone is 1. The summed E-state index contributed by atoms with van der Waals surface area (Å²) < 4.78 is 25.6. The number of phenolic OH excluding ortho intramolecular Hbond substituents is 1. The Morgan fingerprint density at radius 2 is 1.75 bits per heavy atom. The monoisotopic (exact) mass is 433 g/mol. The van der Waals surface area contributed by atoms with E-state index in [1.165, 1.54) is 12.1 Å². The summed E-state index contributed by atoms with van der Waals surface area (Å²) in [5.41, 5.74) is 6.44. The predicted molar refractivity (Wildman–Crippen MR) is 127 cm³/mol. The number of hydrogen-bond donors (Lipinski definition) is 2. The zero-order valence-corrected chi connectivity index (χ0v) is 19.0. The van der Waals surface area contributed by atoms with Crippen molar-refractivity contribution in [3.8, 4) is 28.4 Å². The van der Waals surface area contributed by atoms with Gasteiger partial charge in [0.2, 0.25) is 0 Å². The molecule has 3 aromatic carbocycles. The number of phenols is 1. The van der Waals surface area contributed by atoms with Crippen molar-refractivity contribution in [3.05, 3.63) is 77.1 Å². The molecule has 2 N–H and O–H groups in total. The second-order valence-corrected chi connectivity index (χ2v) is 8.77. The van der Waals surface area contributed by atoms with Crippen LogP contribution in [0.25, 0.3) is 16.7 Å². The molecule has 5 heteroatoms. The quantitative estimate of drug-likeness (QED) is 0.470. The smallest absolute Gasteiger partial charge is 0.126 e. The Morgan fingerprint density at radius 3 is 2.50 bits per heavy atom. The number of benzene rings is 3. The normalized spacial score (nSPS) is 14.2. The summed E-state index contributed by atoms with van der Waals surface area (Å²) in [5.74, 6) is 0.965. The first-order valence-electron chi connectivity index (χ1n) is 10.6. The fourth-order valence-electron chi connectivity index (χ4n) is 4.39. The van der Waals surface area contributed by atoms with Crippen molar-refractivity contribution in [3.63, 3.8) is 0 Å². The number of fused-ring (bicyclic) bond motifs is 1. The van der Waals surface area contributed by atoms with Crippen LogP contribution in [0, 0.1) is 12.7 Å². The summed E-state index contributed by atoms with van der Waals surface area (Å²) in [6.45, 7) is 8.45. The third-order valence-electron chi connectivity index (χ3n) is 5.74. The van der Waals surface area contributed by atoms with Crippen LogP contribution in [0.5, 0.6) is 17.2 Å². The van der Waals surface area contributed by atoms with E-state index in [9.17, 15) is 9.50 Å². The second-order valence-electron chi connectivity index (χ2n) is 8.77. The third-order valence-corrected chi connectivity index (χ3v) is 5.74. The van der Waals surface area contributed by atoms with E-state index in [4.69, 9.17) is 9.47 Å². The van der Waals surface area contributed by atoms with Gasteiger partial charge in [-0.25, -0.2) is 4.39 Å². The van der Waals surface area contributed by atoms with E-state index in [0.29, 0.717) is 11.5 Å². The van der Waals surface area contributed by atoms with Gasteiger partial charge in [0.1, 0.15) is 29.7 Å². The third kappa shape index (κ3) is 4.15. The molecule has 0 amide bonds. The Bertz CT molecular complexity index is 1210. The lowest BCUT2D eigenvalue weighted by Crippen LogP contribution is -2.32. The molecule has 0 radical (unpaired) electrons. The van der Waals surface area contributed by atoms with Crippen LogP contribution in [0.15, 0.2) is 54.6 Å². The zero-order valence-electron chi connectivity index (χ0n) is 19.0. The second kappa shape index (κ2) is 8.23. The summed E-state index contributed by atoms with van der Waals surface area (Å²) >= 11 is 0. The van der Waals surface area contributed by atoms with Gasteiger partial charge in [-0.2, -0.15) is 0 Å². The molecular formula is C27H28FNO3. The van der Waals surface area contributed by atoms with Crippen molar-refractivity contribution in [1.29, 1.82) is 0 Å². The number of hydrogen-bond acceptors (Lipinski definition) is 4. The lowest BCUT2D eigenvalue weighted by Gasteiger charge is -2.33. The van der Waals surface area contributed by atoms with Crippen molar-refractivity contribution < 1.29 is 19.0 Å². The Labute approximate surface area is 188 Å². The Kier molecular flexibility index (Phi) is 5.59. The van der Waals surface area contributed by atoms with E-state index in [0.717, 1.165) is 39.1 Å². The predicted octanol–water partition coefficient (Wildman–Crippen LogP) is 6.70. The van der Waals surface area contributed by atoms with Crippen LogP contribution in [0.4, 0.5) is 10.1 Å². The lowest BCUT2D eigenvalue weighted by molar-refractivity contribution is 0.302.